The molecule has 1 aromatic heterocycles. The Labute approximate surface area is 217 Å². The van der Waals surface area contributed by atoms with E-state index in [1.807, 2.05) is 18.2 Å². The predicted molar refractivity (Wildman–Crippen MR) is 130 cm³/mol. The summed E-state index contributed by atoms with van der Waals surface area (Å²) in [7, 11) is 0. The molecule has 1 spiro atoms. The van der Waals surface area contributed by atoms with Gasteiger partial charge in [0.15, 0.2) is 34.8 Å². The number of halogens is 2. The number of fused-ring (bicyclic) bond motifs is 3. The van der Waals surface area contributed by atoms with Crippen LogP contribution >= 0.6 is 11.8 Å². The average molecular weight is 540 g/mol. The zero-order chi connectivity index (χ0) is 26.5. The molecular weight excluding hydrogens is 520 g/mol. The van der Waals surface area contributed by atoms with E-state index in [9.17, 15) is 33.4 Å². The van der Waals surface area contributed by atoms with E-state index >= 15 is 0 Å². The fraction of sp³-hybridized carbons (Fsp3) is 0.269. The Balaban J connectivity index is 1.37. The number of nitrogens with one attached hydrogen (secondary N) is 1. The minimum Gasteiger partial charge on any atom is -0.502 e. The molecular formula is C26H19F2N3O6S. The van der Waals surface area contributed by atoms with Crippen LogP contribution in [0.1, 0.15) is 38.7 Å². The fourth-order valence-corrected chi connectivity index (χ4v) is 7.15. The SMILES string of the molecule is O=C(O)C1CN2C(=O)c3c(O)c(=O)ccn3N[C@]23C(c2cccc4c2Cc2ccc(F)c(F)c2CS4)[C@@H]3O1. The molecule has 3 aliphatic heterocycles. The zero-order valence-corrected chi connectivity index (χ0v) is 20.3. The van der Waals surface area contributed by atoms with Gasteiger partial charge in [-0.15, -0.1) is 11.8 Å². The Hall–Kier alpha value is -3.90. The highest BCUT2D eigenvalue weighted by atomic mass is 32.2. The molecule has 38 heavy (non-hydrogen) atoms. The van der Waals surface area contributed by atoms with Gasteiger partial charge in [-0.2, -0.15) is 0 Å². The van der Waals surface area contributed by atoms with Crippen molar-refractivity contribution in [1.29, 1.82) is 0 Å². The van der Waals surface area contributed by atoms with Crippen molar-refractivity contribution in [1.82, 2.24) is 9.58 Å². The van der Waals surface area contributed by atoms with Gasteiger partial charge < -0.3 is 19.8 Å². The fourth-order valence-electron chi connectivity index (χ4n) is 6.00. The number of thioether (sulfide) groups is 1. The summed E-state index contributed by atoms with van der Waals surface area (Å²) in [4.78, 5) is 39.8. The van der Waals surface area contributed by atoms with Gasteiger partial charge in [-0.1, -0.05) is 18.2 Å². The first-order valence-corrected chi connectivity index (χ1v) is 12.8. The maximum Gasteiger partial charge on any atom is 0.334 e. The van der Waals surface area contributed by atoms with Gasteiger partial charge in [-0.05, 0) is 35.2 Å². The van der Waals surface area contributed by atoms with Crippen molar-refractivity contribution < 1.29 is 33.3 Å². The highest BCUT2D eigenvalue weighted by molar-refractivity contribution is 7.98. The van der Waals surface area contributed by atoms with Gasteiger partial charge >= 0.3 is 5.97 Å². The number of aromatic nitrogens is 1. The summed E-state index contributed by atoms with van der Waals surface area (Å²) in [6, 6.07) is 9.38. The topological polar surface area (TPSA) is 121 Å². The molecule has 1 saturated carbocycles. The van der Waals surface area contributed by atoms with Gasteiger partial charge in [-0.25, -0.2) is 13.6 Å². The van der Waals surface area contributed by atoms with Crippen molar-refractivity contribution in [2.75, 3.05) is 12.0 Å². The van der Waals surface area contributed by atoms with E-state index in [-0.39, 0.29) is 18.0 Å². The number of aromatic hydroxyl groups is 1. The molecule has 7 rings (SSSR count). The van der Waals surface area contributed by atoms with E-state index in [2.05, 4.69) is 5.43 Å². The molecule has 1 saturated heterocycles. The number of carbonyl (C=O) groups is 2. The summed E-state index contributed by atoms with van der Waals surface area (Å²) in [5, 5.41) is 20.1. The normalized spacial score (nSPS) is 26.6. The maximum absolute atomic E-state index is 14.6. The molecule has 2 aromatic carbocycles. The summed E-state index contributed by atoms with van der Waals surface area (Å²) in [5.41, 5.74) is 3.58. The molecule has 3 aromatic rings. The van der Waals surface area contributed by atoms with E-state index in [1.165, 1.54) is 27.5 Å². The Morgan fingerprint density at radius 1 is 1.16 bits per heavy atom. The summed E-state index contributed by atoms with van der Waals surface area (Å²) >= 11 is 1.38. The predicted octanol–water partition coefficient (Wildman–Crippen LogP) is 2.37. The van der Waals surface area contributed by atoms with Crippen LogP contribution < -0.4 is 10.9 Å². The third kappa shape index (κ3) is 2.98. The van der Waals surface area contributed by atoms with Crippen molar-refractivity contribution in [3.8, 4) is 5.75 Å². The van der Waals surface area contributed by atoms with Crippen molar-refractivity contribution in [2.45, 2.75) is 40.9 Å². The van der Waals surface area contributed by atoms with E-state index in [0.29, 0.717) is 17.5 Å². The van der Waals surface area contributed by atoms with Gasteiger partial charge in [0.1, 0.15) is 6.10 Å². The highest BCUT2D eigenvalue weighted by Gasteiger charge is 2.77. The average Bonchev–Trinajstić information content (AvgIpc) is 3.58. The number of carbonyl (C=O) groups excluding carboxylic acids is 1. The zero-order valence-electron chi connectivity index (χ0n) is 19.5. The lowest BCUT2D eigenvalue weighted by molar-refractivity contribution is -0.158. The van der Waals surface area contributed by atoms with Crippen molar-refractivity contribution in [2.24, 2.45) is 0 Å². The van der Waals surface area contributed by atoms with Crippen LogP contribution in [-0.4, -0.2) is 56.1 Å². The summed E-state index contributed by atoms with van der Waals surface area (Å²) in [5.74, 6) is -4.72. The van der Waals surface area contributed by atoms with Crippen LogP contribution in [0.15, 0.2) is 52.3 Å². The Kier molecular flexibility index (Phi) is 4.77. The molecule has 4 heterocycles. The number of pyridine rings is 1. The van der Waals surface area contributed by atoms with E-state index in [4.69, 9.17) is 4.74 Å². The minimum absolute atomic E-state index is 0.245. The number of carboxylic acids is 1. The number of ether oxygens (including phenoxy) is 1. The number of morpholine rings is 1. The van der Waals surface area contributed by atoms with E-state index < -0.39 is 58.5 Å². The smallest absolute Gasteiger partial charge is 0.334 e. The number of carboxylic acid groups (broad SMARTS) is 1. The number of amides is 1. The summed E-state index contributed by atoms with van der Waals surface area (Å²) in [6.45, 7) is -0.298. The van der Waals surface area contributed by atoms with Crippen LogP contribution in [0.4, 0.5) is 8.78 Å². The lowest BCUT2D eigenvalue weighted by Crippen LogP contribution is -2.64. The van der Waals surface area contributed by atoms with Crippen molar-refractivity contribution >= 4 is 23.6 Å². The first-order chi connectivity index (χ1) is 18.2. The second-order valence-corrected chi connectivity index (χ2v) is 10.8. The largest absolute Gasteiger partial charge is 0.502 e. The Morgan fingerprint density at radius 3 is 2.76 bits per heavy atom. The minimum atomic E-state index is -1.32. The molecule has 9 nitrogen and oxygen atoms in total. The van der Waals surface area contributed by atoms with Gasteiger partial charge in [0.05, 0.1) is 12.5 Å². The molecule has 3 N–H and O–H groups in total. The molecule has 0 bridgehead atoms. The molecule has 194 valence electrons. The number of aliphatic carboxylic acids is 1. The summed E-state index contributed by atoms with van der Waals surface area (Å²) < 4.78 is 35.8. The van der Waals surface area contributed by atoms with Crippen molar-refractivity contribution in [3.05, 3.63) is 92.4 Å². The molecule has 2 fully saturated rings. The second-order valence-electron chi connectivity index (χ2n) is 9.75. The number of benzene rings is 2. The molecule has 0 radical (unpaired) electrons. The maximum atomic E-state index is 14.6. The molecule has 4 atom stereocenters. The molecule has 12 heteroatoms. The lowest BCUT2D eigenvalue weighted by atomic mass is 9.93. The molecule has 1 amide bonds. The number of rotatable bonds is 2. The third-order valence-electron chi connectivity index (χ3n) is 7.84. The number of nitrogens with zero attached hydrogens (tertiary/aromatic N) is 2. The van der Waals surface area contributed by atoms with Crippen LogP contribution in [-0.2, 0) is 21.7 Å². The van der Waals surface area contributed by atoms with Gasteiger partial charge in [0, 0.05) is 28.5 Å². The molecule has 1 aliphatic carbocycles. The lowest BCUT2D eigenvalue weighted by Gasteiger charge is -2.43. The summed E-state index contributed by atoms with van der Waals surface area (Å²) in [6.07, 6.45) is -0.431. The number of hydrogen-bond donors (Lipinski definition) is 3. The third-order valence-corrected chi connectivity index (χ3v) is 8.97. The first-order valence-electron chi connectivity index (χ1n) is 11.9. The monoisotopic (exact) mass is 539 g/mol. The first kappa shape index (κ1) is 23.2. The van der Waals surface area contributed by atoms with Crippen LogP contribution in [0.5, 0.6) is 5.75 Å². The highest BCUT2D eigenvalue weighted by Crippen LogP contribution is 2.61. The molecule has 4 aliphatic rings. The van der Waals surface area contributed by atoms with Crippen LogP contribution in [0.2, 0.25) is 0 Å². The van der Waals surface area contributed by atoms with Crippen LogP contribution in [0.3, 0.4) is 0 Å². The Bertz CT molecular complexity index is 1640. The second kappa shape index (κ2) is 7.81. The van der Waals surface area contributed by atoms with Gasteiger partial charge in [-0.3, -0.25) is 19.7 Å². The van der Waals surface area contributed by atoms with Gasteiger partial charge in [0.25, 0.3) is 5.91 Å². The molecule has 2 unspecified atom stereocenters. The van der Waals surface area contributed by atoms with E-state index in [1.54, 1.807) is 6.07 Å². The number of hydrogen-bond acceptors (Lipinski definition) is 7. The standard InChI is InChI=1S/C26H19F2N3O6S/c27-15-5-4-11-8-13-12(2-1-3-18(13)38-10-14(11)20(15)28)19-23-26(19)29-31-7-6-16(32)22(33)21(31)24(34)30(26)9-17(37-23)25(35)36/h1-7,17,19,23,29,33H,8-10H2,(H,35,36)/t17?,19?,23-,26+/m0/s1. The van der Waals surface area contributed by atoms with Gasteiger partial charge in [0.2, 0.25) is 5.43 Å². The van der Waals surface area contributed by atoms with E-state index in [0.717, 1.165) is 28.2 Å². The quantitative estimate of drug-likeness (QED) is 0.454. The van der Waals surface area contributed by atoms with Crippen LogP contribution in [0.25, 0.3) is 0 Å². The Morgan fingerprint density at radius 2 is 1.97 bits per heavy atom. The van der Waals surface area contributed by atoms with Crippen LogP contribution in [0, 0.1) is 11.6 Å². The van der Waals surface area contributed by atoms with Crippen molar-refractivity contribution in [3.63, 3.8) is 0 Å².